The van der Waals surface area contributed by atoms with Gasteiger partial charge >= 0.3 is 0 Å². The number of carbonyl (C=O) groups is 1. The number of aromatic nitrogens is 3. The van der Waals surface area contributed by atoms with Crippen molar-refractivity contribution in [1.82, 2.24) is 20.4 Å². The van der Waals surface area contributed by atoms with Gasteiger partial charge in [0.15, 0.2) is 0 Å². The van der Waals surface area contributed by atoms with E-state index in [2.05, 4.69) is 20.4 Å². The Morgan fingerprint density at radius 1 is 1.67 bits per heavy atom. The molecule has 1 amide bonds. The Balaban J connectivity index is 1.96. The lowest BCUT2D eigenvalue weighted by Gasteiger charge is -2.00. The molecule has 15 heavy (non-hydrogen) atoms. The molecule has 2 aromatic heterocycles. The maximum absolute atomic E-state index is 11.6. The molecule has 0 atom stereocenters. The topological polar surface area (TPSA) is 83.8 Å². The standard InChI is InChI=1S/C9H10N4O2/c1-6-7(4-13-15-6)9(14)12-5-8-10-2-3-11-8/h2-4H,5H2,1H3,(H,10,11)(H,12,14). The first-order valence-corrected chi connectivity index (χ1v) is 4.45. The van der Waals surface area contributed by atoms with E-state index in [4.69, 9.17) is 4.52 Å². The second-order valence-electron chi connectivity index (χ2n) is 3.01. The molecule has 0 spiro atoms. The summed E-state index contributed by atoms with van der Waals surface area (Å²) in [4.78, 5) is 18.4. The molecule has 0 unspecified atom stereocenters. The van der Waals surface area contributed by atoms with Crippen molar-refractivity contribution in [1.29, 1.82) is 0 Å². The third-order valence-corrected chi connectivity index (χ3v) is 1.97. The second kappa shape index (κ2) is 3.95. The number of amides is 1. The average molecular weight is 206 g/mol. The molecule has 0 aliphatic carbocycles. The Kier molecular flexibility index (Phi) is 2.49. The van der Waals surface area contributed by atoms with Crippen LogP contribution in [0.25, 0.3) is 0 Å². The van der Waals surface area contributed by atoms with Gasteiger partial charge < -0.3 is 14.8 Å². The van der Waals surface area contributed by atoms with Crippen LogP contribution in [0.3, 0.4) is 0 Å². The first kappa shape index (κ1) is 9.45. The van der Waals surface area contributed by atoms with Crippen LogP contribution in [0.2, 0.25) is 0 Å². The first-order chi connectivity index (χ1) is 7.27. The van der Waals surface area contributed by atoms with E-state index in [-0.39, 0.29) is 5.91 Å². The highest BCUT2D eigenvalue weighted by atomic mass is 16.5. The number of aromatic amines is 1. The third kappa shape index (κ3) is 2.04. The van der Waals surface area contributed by atoms with E-state index in [1.807, 2.05) is 0 Å². The van der Waals surface area contributed by atoms with Gasteiger partial charge in [-0.25, -0.2) is 4.98 Å². The van der Waals surface area contributed by atoms with Gasteiger partial charge in [0.2, 0.25) is 0 Å². The predicted octanol–water partition coefficient (Wildman–Crippen LogP) is 0.636. The smallest absolute Gasteiger partial charge is 0.256 e. The van der Waals surface area contributed by atoms with Crippen LogP contribution in [0.5, 0.6) is 0 Å². The highest BCUT2D eigenvalue weighted by Crippen LogP contribution is 2.05. The van der Waals surface area contributed by atoms with Gasteiger partial charge in [-0.2, -0.15) is 0 Å². The average Bonchev–Trinajstić information content (AvgIpc) is 2.84. The zero-order chi connectivity index (χ0) is 10.7. The van der Waals surface area contributed by atoms with Crippen molar-refractivity contribution in [2.75, 3.05) is 0 Å². The van der Waals surface area contributed by atoms with Gasteiger partial charge in [0.25, 0.3) is 5.91 Å². The van der Waals surface area contributed by atoms with Crippen LogP contribution in [0, 0.1) is 6.92 Å². The Morgan fingerprint density at radius 2 is 2.53 bits per heavy atom. The highest BCUT2D eigenvalue weighted by Gasteiger charge is 2.12. The van der Waals surface area contributed by atoms with Crippen molar-refractivity contribution in [3.8, 4) is 0 Å². The number of hydrogen-bond acceptors (Lipinski definition) is 4. The maximum atomic E-state index is 11.6. The number of nitrogens with one attached hydrogen (secondary N) is 2. The molecule has 2 rings (SSSR count). The molecule has 0 aromatic carbocycles. The lowest BCUT2D eigenvalue weighted by atomic mass is 10.2. The van der Waals surface area contributed by atoms with Gasteiger partial charge in [-0.1, -0.05) is 5.16 Å². The van der Waals surface area contributed by atoms with Crippen molar-refractivity contribution in [3.63, 3.8) is 0 Å². The van der Waals surface area contributed by atoms with E-state index in [9.17, 15) is 4.79 Å². The molecule has 2 aromatic rings. The molecular formula is C9H10N4O2. The summed E-state index contributed by atoms with van der Waals surface area (Å²) in [6.45, 7) is 2.05. The van der Waals surface area contributed by atoms with Gasteiger partial charge in [-0.15, -0.1) is 0 Å². The Bertz CT molecular complexity index is 446. The van der Waals surface area contributed by atoms with Crippen molar-refractivity contribution in [3.05, 3.63) is 35.7 Å². The normalized spacial score (nSPS) is 10.2. The number of carbonyl (C=O) groups excluding carboxylic acids is 1. The van der Waals surface area contributed by atoms with Gasteiger partial charge in [-0.3, -0.25) is 4.79 Å². The number of H-pyrrole nitrogens is 1. The Morgan fingerprint density at radius 3 is 3.13 bits per heavy atom. The minimum atomic E-state index is -0.217. The zero-order valence-electron chi connectivity index (χ0n) is 8.15. The monoisotopic (exact) mass is 206 g/mol. The fourth-order valence-corrected chi connectivity index (χ4v) is 1.17. The fraction of sp³-hybridized carbons (Fsp3) is 0.222. The van der Waals surface area contributed by atoms with Crippen LogP contribution in [0.4, 0.5) is 0 Å². The molecule has 2 N–H and O–H groups in total. The van der Waals surface area contributed by atoms with Crippen LogP contribution in [0.1, 0.15) is 21.9 Å². The summed E-state index contributed by atoms with van der Waals surface area (Å²) in [6, 6.07) is 0. The lowest BCUT2D eigenvalue weighted by molar-refractivity contribution is 0.0948. The molecule has 0 fully saturated rings. The maximum Gasteiger partial charge on any atom is 0.256 e. The van der Waals surface area contributed by atoms with Gasteiger partial charge in [0, 0.05) is 12.4 Å². The van der Waals surface area contributed by atoms with E-state index in [1.54, 1.807) is 19.3 Å². The van der Waals surface area contributed by atoms with Crippen LogP contribution in [0.15, 0.2) is 23.1 Å². The van der Waals surface area contributed by atoms with E-state index in [0.717, 1.165) is 0 Å². The highest BCUT2D eigenvalue weighted by molar-refractivity contribution is 5.94. The lowest BCUT2D eigenvalue weighted by Crippen LogP contribution is -2.23. The summed E-state index contributed by atoms with van der Waals surface area (Å²) in [5, 5.41) is 6.22. The first-order valence-electron chi connectivity index (χ1n) is 4.45. The predicted molar refractivity (Wildman–Crippen MR) is 51.0 cm³/mol. The minimum Gasteiger partial charge on any atom is -0.361 e. The number of hydrogen-bond donors (Lipinski definition) is 2. The number of imidazole rings is 1. The molecule has 78 valence electrons. The molecular weight excluding hydrogens is 196 g/mol. The molecule has 0 bridgehead atoms. The molecule has 0 saturated heterocycles. The van der Waals surface area contributed by atoms with E-state index >= 15 is 0 Å². The van der Waals surface area contributed by atoms with Gasteiger partial charge in [0.05, 0.1) is 12.7 Å². The number of rotatable bonds is 3. The summed E-state index contributed by atoms with van der Waals surface area (Å²) in [6.07, 6.45) is 4.73. The summed E-state index contributed by atoms with van der Waals surface area (Å²) >= 11 is 0. The largest absolute Gasteiger partial charge is 0.361 e. The van der Waals surface area contributed by atoms with Gasteiger partial charge in [0.1, 0.15) is 17.1 Å². The van der Waals surface area contributed by atoms with Crippen molar-refractivity contribution < 1.29 is 9.32 Å². The molecule has 6 nitrogen and oxygen atoms in total. The SMILES string of the molecule is Cc1oncc1C(=O)NCc1ncc[nH]1. The van der Waals surface area contributed by atoms with Crippen LogP contribution in [-0.2, 0) is 6.54 Å². The van der Waals surface area contributed by atoms with E-state index in [1.165, 1.54) is 6.20 Å². The Labute approximate surface area is 85.7 Å². The number of aryl methyl sites for hydroxylation is 1. The minimum absolute atomic E-state index is 0.217. The van der Waals surface area contributed by atoms with Crippen molar-refractivity contribution in [2.45, 2.75) is 13.5 Å². The van der Waals surface area contributed by atoms with Gasteiger partial charge in [-0.05, 0) is 6.92 Å². The third-order valence-electron chi connectivity index (χ3n) is 1.97. The van der Waals surface area contributed by atoms with Crippen LogP contribution < -0.4 is 5.32 Å². The second-order valence-corrected chi connectivity index (χ2v) is 3.01. The van der Waals surface area contributed by atoms with Crippen LogP contribution in [-0.4, -0.2) is 21.0 Å². The van der Waals surface area contributed by atoms with Crippen molar-refractivity contribution >= 4 is 5.91 Å². The quantitative estimate of drug-likeness (QED) is 0.771. The summed E-state index contributed by atoms with van der Waals surface area (Å²) < 4.78 is 4.79. The zero-order valence-corrected chi connectivity index (χ0v) is 8.15. The summed E-state index contributed by atoms with van der Waals surface area (Å²) in [5.74, 6) is 0.995. The van der Waals surface area contributed by atoms with Crippen molar-refractivity contribution in [2.24, 2.45) is 0 Å². The summed E-state index contributed by atoms with van der Waals surface area (Å²) in [5.41, 5.74) is 0.446. The fourth-order valence-electron chi connectivity index (χ4n) is 1.17. The molecule has 2 heterocycles. The summed E-state index contributed by atoms with van der Waals surface area (Å²) in [7, 11) is 0. The molecule has 0 saturated carbocycles. The van der Waals surface area contributed by atoms with E-state index < -0.39 is 0 Å². The number of nitrogens with zero attached hydrogens (tertiary/aromatic N) is 2. The molecule has 0 aliphatic heterocycles. The molecule has 0 radical (unpaired) electrons. The molecule has 0 aliphatic rings. The van der Waals surface area contributed by atoms with E-state index in [0.29, 0.717) is 23.7 Å². The van der Waals surface area contributed by atoms with Crippen LogP contribution >= 0.6 is 0 Å². The molecule has 6 heteroatoms. The Hall–Kier alpha value is -2.11.